The van der Waals surface area contributed by atoms with Gasteiger partial charge in [0.1, 0.15) is 5.76 Å². The maximum Gasteiger partial charge on any atom is 0.138 e. The second kappa shape index (κ2) is 4.67. The molecule has 0 bridgehead atoms. The highest BCUT2D eigenvalue weighted by Gasteiger charge is 2.39. The Morgan fingerprint density at radius 1 is 1.33 bits per heavy atom. The minimum Gasteiger partial charge on any atom is -0.381 e. The molecule has 0 amide bonds. The molecule has 2 aliphatic rings. The molecule has 4 heteroatoms. The lowest BCUT2D eigenvalue weighted by Crippen LogP contribution is -2.43. The van der Waals surface area contributed by atoms with Crippen molar-refractivity contribution in [3.63, 3.8) is 0 Å². The summed E-state index contributed by atoms with van der Waals surface area (Å²) in [7, 11) is 0. The zero-order valence-electron chi connectivity index (χ0n) is 11.4. The summed E-state index contributed by atoms with van der Waals surface area (Å²) in [6, 6.07) is 0. The number of likely N-dealkylation sites (tertiary alicyclic amines) is 1. The number of piperidine rings is 1. The topological polar surface area (TPSA) is 38.5 Å². The molecular weight excluding hydrogens is 228 g/mol. The van der Waals surface area contributed by atoms with Crippen LogP contribution >= 0.6 is 0 Å². The molecule has 3 rings (SSSR count). The van der Waals surface area contributed by atoms with Crippen molar-refractivity contribution in [2.24, 2.45) is 5.41 Å². The van der Waals surface area contributed by atoms with Gasteiger partial charge in [-0.05, 0) is 39.7 Å². The first kappa shape index (κ1) is 12.2. The maximum atomic E-state index is 5.61. The van der Waals surface area contributed by atoms with Crippen LogP contribution in [0.4, 0.5) is 0 Å². The van der Waals surface area contributed by atoms with Crippen molar-refractivity contribution in [1.29, 1.82) is 0 Å². The van der Waals surface area contributed by atoms with Crippen LogP contribution in [0.15, 0.2) is 4.52 Å². The average molecular weight is 250 g/mol. The Morgan fingerprint density at radius 2 is 2.22 bits per heavy atom. The second-order valence-electron chi connectivity index (χ2n) is 5.92. The van der Waals surface area contributed by atoms with Crippen molar-refractivity contribution in [1.82, 2.24) is 10.1 Å². The van der Waals surface area contributed by atoms with Gasteiger partial charge in [-0.2, -0.15) is 0 Å². The number of hydrogen-bond donors (Lipinski definition) is 0. The van der Waals surface area contributed by atoms with Crippen LogP contribution in [0.3, 0.4) is 0 Å². The van der Waals surface area contributed by atoms with Gasteiger partial charge in [0.15, 0.2) is 0 Å². The SMILES string of the molecule is Cc1noc(C)c1CN1CCC[C@]2(CCOC2)C1. The Kier molecular flexibility index (Phi) is 3.16. The van der Waals surface area contributed by atoms with Crippen LogP contribution in [0.2, 0.25) is 0 Å². The highest BCUT2D eigenvalue weighted by Crippen LogP contribution is 2.38. The molecule has 2 fully saturated rings. The number of hydrogen-bond acceptors (Lipinski definition) is 4. The van der Waals surface area contributed by atoms with Crippen LogP contribution in [-0.4, -0.2) is 36.4 Å². The number of aryl methyl sites for hydroxylation is 2. The summed E-state index contributed by atoms with van der Waals surface area (Å²) < 4.78 is 10.9. The second-order valence-corrected chi connectivity index (χ2v) is 5.92. The molecule has 0 unspecified atom stereocenters. The van der Waals surface area contributed by atoms with Crippen LogP contribution in [0.1, 0.15) is 36.3 Å². The molecule has 0 saturated carbocycles. The highest BCUT2D eigenvalue weighted by atomic mass is 16.5. The van der Waals surface area contributed by atoms with Crippen molar-refractivity contribution in [2.45, 2.75) is 39.7 Å². The standard InChI is InChI=1S/C14H22N2O2/c1-11-13(12(2)18-15-11)8-16-6-3-4-14(9-16)5-7-17-10-14/h3-10H2,1-2H3/t14-/m0/s1. The van der Waals surface area contributed by atoms with Crippen LogP contribution in [0.5, 0.6) is 0 Å². The summed E-state index contributed by atoms with van der Waals surface area (Å²) in [5.41, 5.74) is 2.73. The quantitative estimate of drug-likeness (QED) is 0.807. The van der Waals surface area contributed by atoms with Gasteiger partial charge in [0, 0.05) is 30.7 Å². The Hall–Kier alpha value is -0.870. The monoisotopic (exact) mass is 250 g/mol. The van der Waals surface area contributed by atoms with Crippen molar-refractivity contribution in [3.8, 4) is 0 Å². The lowest BCUT2D eigenvalue weighted by Gasteiger charge is -2.39. The third kappa shape index (κ3) is 2.19. The molecule has 0 aromatic carbocycles. The molecule has 4 nitrogen and oxygen atoms in total. The number of rotatable bonds is 2. The Labute approximate surface area is 108 Å². The molecule has 0 radical (unpaired) electrons. The first-order valence-electron chi connectivity index (χ1n) is 6.90. The molecule has 1 atom stereocenters. The molecule has 2 saturated heterocycles. The zero-order valence-corrected chi connectivity index (χ0v) is 11.4. The van der Waals surface area contributed by atoms with Gasteiger partial charge in [0.25, 0.3) is 0 Å². The fourth-order valence-corrected chi connectivity index (χ4v) is 3.37. The van der Waals surface area contributed by atoms with Gasteiger partial charge in [-0.1, -0.05) is 5.16 Å². The molecule has 0 N–H and O–H groups in total. The van der Waals surface area contributed by atoms with E-state index in [4.69, 9.17) is 9.26 Å². The van der Waals surface area contributed by atoms with Crippen molar-refractivity contribution in [3.05, 3.63) is 17.0 Å². The number of nitrogens with zero attached hydrogens (tertiary/aromatic N) is 2. The molecular formula is C14H22N2O2. The molecule has 100 valence electrons. The summed E-state index contributed by atoms with van der Waals surface area (Å²) in [5, 5.41) is 4.04. The molecule has 1 aromatic heterocycles. The predicted octanol–water partition coefficient (Wildman–Crippen LogP) is 2.29. The lowest BCUT2D eigenvalue weighted by molar-refractivity contribution is 0.0642. The summed E-state index contributed by atoms with van der Waals surface area (Å²) >= 11 is 0. The zero-order chi connectivity index (χ0) is 12.6. The van der Waals surface area contributed by atoms with E-state index in [1.54, 1.807) is 0 Å². The Bertz CT molecular complexity index is 402. The summed E-state index contributed by atoms with van der Waals surface area (Å²) in [6.07, 6.45) is 3.84. The fourth-order valence-electron chi connectivity index (χ4n) is 3.37. The van der Waals surface area contributed by atoms with Gasteiger partial charge in [0.2, 0.25) is 0 Å². The van der Waals surface area contributed by atoms with Gasteiger partial charge >= 0.3 is 0 Å². The lowest BCUT2D eigenvalue weighted by atomic mass is 9.79. The summed E-state index contributed by atoms with van der Waals surface area (Å²) in [5.74, 6) is 0.967. The van der Waals surface area contributed by atoms with E-state index in [0.29, 0.717) is 5.41 Å². The minimum absolute atomic E-state index is 0.428. The molecule has 3 heterocycles. The van der Waals surface area contributed by atoms with Crippen molar-refractivity contribution < 1.29 is 9.26 Å². The van der Waals surface area contributed by atoms with Crippen LogP contribution < -0.4 is 0 Å². The predicted molar refractivity (Wildman–Crippen MR) is 68.4 cm³/mol. The van der Waals surface area contributed by atoms with E-state index in [-0.39, 0.29) is 0 Å². The van der Waals surface area contributed by atoms with Crippen LogP contribution in [0, 0.1) is 19.3 Å². The normalized spacial score (nSPS) is 29.2. The van der Waals surface area contributed by atoms with E-state index in [9.17, 15) is 0 Å². The van der Waals surface area contributed by atoms with Gasteiger partial charge in [-0.3, -0.25) is 4.90 Å². The van der Waals surface area contributed by atoms with Crippen LogP contribution in [-0.2, 0) is 11.3 Å². The minimum atomic E-state index is 0.428. The van der Waals surface area contributed by atoms with Crippen LogP contribution in [0.25, 0.3) is 0 Å². The first-order chi connectivity index (χ1) is 8.69. The molecule has 1 spiro atoms. The van der Waals surface area contributed by atoms with Crippen molar-refractivity contribution >= 4 is 0 Å². The van der Waals surface area contributed by atoms with Crippen molar-refractivity contribution in [2.75, 3.05) is 26.3 Å². The Balaban J connectivity index is 1.70. The van der Waals surface area contributed by atoms with E-state index >= 15 is 0 Å². The molecule has 0 aliphatic carbocycles. The third-order valence-corrected chi connectivity index (χ3v) is 4.49. The van der Waals surface area contributed by atoms with E-state index in [0.717, 1.165) is 37.8 Å². The average Bonchev–Trinajstić information content (AvgIpc) is 2.92. The third-order valence-electron chi connectivity index (χ3n) is 4.49. The largest absolute Gasteiger partial charge is 0.381 e. The summed E-state index contributed by atoms with van der Waals surface area (Å²) in [4.78, 5) is 2.55. The molecule has 18 heavy (non-hydrogen) atoms. The van der Waals surface area contributed by atoms with Gasteiger partial charge in [0.05, 0.1) is 12.3 Å². The smallest absolute Gasteiger partial charge is 0.138 e. The molecule has 1 aromatic rings. The van der Waals surface area contributed by atoms with E-state index in [2.05, 4.69) is 10.1 Å². The number of aromatic nitrogens is 1. The highest BCUT2D eigenvalue weighted by molar-refractivity contribution is 5.20. The summed E-state index contributed by atoms with van der Waals surface area (Å²) in [6.45, 7) is 9.26. The van der Waals surface area contributed by atoms with Gasteiger partial charge in [-0.25, -0.2) is 0 Å². The van der Waals surface area contributed by atoms with Gasteiger partial charge in [-0.15, -0.1) is 0 Å². The number of ether oxygens (including phenoxy) is 1. The van der Waals surface area contributed by atoms with E-state index in [1.807, 2.05) is 13.8 Å². The van der Waals surface area contributed by atoms with E-state index < -0.39 is 0 Å². The molecule has 2 aliphatic heterocycles. The van der Waals surface area contributed by atoms with E-state index in [1.165, 1.54) is 31.4 Å². The first-order valence-corrected chi connectivity index (χ1v) is 6.90. The maximum absolute atomic E-state index is 5.61. The Morgan fingerprint density at radius 3 is 2.89 bits per heavy atom. The van der Waals surface area contributed by atoms with Gasteiger partial charge < -0.3 is 9.26 Å². The fraction of sp³-hybridized carbons (Fsp3) is 0.786.